The van der Waals surface area contributed by atoms with Gasteiger partial charge in [0, 0.05) is 32.2 Å². The zero-order valence-electron chi connectivity index (χ0n) is 15.6. The number of halogens is 1. The van der Waals surface area contributed by atoms with Gasteiger partial charge in [-0.05, 0) is 52.5 Å². The van der Waals surface area contributed by atoms with Crippen LogP contribution in [0.1, 0.15) is 52.4 Å². The van der Waals surface area contributed by atoms with Crippen LogP contribution in [-0.2, 0) is 14.3 Å². The first-order chi connectivity index (χ1) is 11.6. The van der Waals surface area contributed by atoms with Gasteiger partial charge in [-0.3, -0.25) is 9.59 Å². The van der Waals surface area contributed by atoms with E-state index >= 15 is 0 Å². The molecule has 2 rings (SSSR count). The molecule has 1 unspecified atom stereocenters. The van der Waals surface area contributed by atoms with Gasteiger partial charge in [0.25, 0.3) is 0 Å². The summed E-state index contributed by atoms with van der Waals surface area (Å²) >= 11 is 0. The molecule has 0 radical (unpaired) electrons. The summed E-state index contributed by atoms with van der Waals surface area (Å²) in [6.45, 7) is 7.70. The number of likely N-dealkylation sites (tertiary alicyclic amines) is 1. The molecule has 2 N–H and O–H groups in total. The smallest absolute Gasteiger partial charge is 0.239 e. The molecule has 146 valence electrons. The molecule has 2 saturated heterocycles. The van der Waals surface area contributed by atoms with E-state index < -0.39 is 0 Å². The first-order valence-electron chi connectivity index (χ1n) is 9.49. The molecular weight excluding hydrogens is 342 g/mol. The lowest BCUT2D eigenvalue weighted by atomic mass is 9.94. The van der Waals surface area contributed by atoms with Crippen LogP contribution in [0.25, 0.3) is 0 Å². The predicted molar refractivity (Wildman–Crippen MR) is 101 cm³/mol. The van der Waals surface area contributed by atoms with Gasteiger partial charge in [0.05, 0.1) is 12.1 Å². The van der Waals surface area contributed by atoms with Crippen molar-refractivity contribution < 1.29 is 14.3 Å². The number of hydrogen-bond donors (Lipinski definition) is 2. The second-order valence-electron chi connectivity index (χ2n) is 7.17. The van der Waals surface area contributed by atoms with Gasteiger partial charge >= 0.3 is 0 Å². The Bertz CT molecular complexity index is 406. The number of hydrogen-bond acceptors (Lipinski definition) is 4. The summed E-state index contributed by atoms with van der Waals surface area (Å²) in [5.74, 6) is 0.390. The lowest BCUT2D eigenvalue weighted by molar-refractivity contribution is -0.137. The summed E-state index contributed by atoms with van der Waals surface area (Å²) in [7, 11) is 0. The lowest BCUT2D eigenvalue weighted by Crippen LogP contribution is -2.51. The Morgan fingerprint density at radius 2 is 1.92 bits per heavy atom. The molecule has 2 fully saturated rings. The highest BCUT2D eigenvalue weighted by molar-refractivity contribution is 5.85. The third-order valence-corrected chi connectivity index (χ3v) is 4.86. The maximum absolute atomic E-state index is 12.5. The number of ether oxygens (including phenoxy) is 1. The van der Waals surface area contributed by atoms with Gasteiger partial charge in [0.2, 0.25) is 11.8 Å². The summed E-state index contributed by atoms with van der Waals surface area (Å²) in [6.07, 6.45) is 5.85. The van der Waals surface area contributed by atoms with E-state index in [0.717, 1.165) is 45.1 Å². The van der Waals surface area contributed by atoms with Crippen molar-refractivity contribution in [1.29, 1.82) is 0 Å². The van der Waals surface area contributed by atoms with Crippen LogP contribution in [0.5, 0.6) is 0 Å². The molecule has 0 aliphatic carbocycles. The zero-order chi connectivity index (χ0) is 17.4. The highest BCUT2D eigenvalue weighted by Gasteiger charge is 2.31. The predicted octanol–water partition coefficient (Wildman–Crippen LogP) is 1.72. The van der Waals surface area contributed by atoms with Crippen molar-refractivity contribution in [3.05, 3.63) is 0 Å². The normalized spacial score (nSPS) is 21.7. The summed E-state index contributed by atoms with van der Waals surface area (Å²) in [5.41, 5.74) is 0. The van der Waals surface area contributed by atoms with E-state index in [-0.39, 0.29) is 42.3 Å². The monoisotopic (exact) mass is 375 g/mol. The van der Waals surface area contributed by atoms with Crippen molar-refractivity contribution in [3.63, 3.8) is 0 Å². The van der Waals surface area contributed by atoms with Crippen LogP contribution >= 0.6 is 12.4 Å². The minimum absolute atomic E-state index is 0. The topological polar surface area (TPSA) is 70.7 Å². The molecule has 6 nitrogen and oxygen atoms in total. The largest absolute Gasteiger partial charge is 0.379 e. The van der Waals surface area contributed by atoms with Crippen LogP contribution in [0.15, 0.2) is 0 Å². The highest BCUT2D eigenvalue weighted by atomic mass is 35.5. The molecule has 2 aliphatic rings. The number of piperidine rings is 2. The number of carbonyl (C=O) groups excluding carboxylic acids is 2. The van der Waals surface area contributed by atoms with Crippen LogP contribution in [0.3, 0.4) is 0 Å². The van der Waals surface area contributed by atoms with Gasteiger partial charge in [-0.15, -0.1) is 12.4 Å². The van der Waals surface area contributed by atoms with Crippen LogP contribution in [0.2, 0.25) is 0 Å². The minimum Gasteiger partial charge on any atom is -0.379 e. The lowest BCUT2D eigenvalue weighted by Gasteiger charge is -2.35. The van der Waals surface area contributed by atoms with E-state index in [1.54, 1.807) is 0 Å². The average molecular weight is 376 g/mol. The standard InChI is InChI=1S/C18H33N3O3.ClH/c1-14(2)24-13-5-10-20-17(22)15-7-11-21(12-8-15)18(23)16-6-3-4-9-19-16;/h14-16,19H,3-13H2,1-2H3,(H,20,22);1H. The van der Waals surface area contributed by atoms with Gasteiger partial charge in [-0.2, -0.15) is 0 Å². The SMILES string of the molecule is CC(C)OCCCNC(=O)C1CCN(C(=O)C2CCCCN2)CC1.Cl. The van der Waals surface area contributed by atoms with Crippen LogP contribution in [0.4, 0.5) is 0 Å². The molecule has 25 heavy (non-hydrogen) atoms. The number of carbonyl (C=O) groups is 2. The first kappa shape index (κ1) is 22.2. The summed E-state index contributed by atoms with van der Waals surface area (Å²) in [4.78, 5) is 26.6. The molecule has 0 aromatic carbocycles. The Hall–Kier alpha value is -0.850. The maximum Gasteiger partial charge on any atom is 0.239 e. The molecule has 2 heterocycles. The van der Waals surface area contributed by atoms with Crippen LogP contribution in [0, 0.1) is 5.92 Å². The zero-order valence-corrected chi connectivity index (χ0v) is 16.4. The number of rotatable bonds is 7. The fraction of sp³-hybridized carbons (Fsp3) is 0.889. The van der Waals surface area contributed by atoms with Gasteiger partial charge in [-0.25, -0.2) is 0 Å². The van der Waals surface area contributed by atoms with Crippen molar-refractivity contribution >= 4 is 24.2 Å². The quantitative estimate of drug-likeness (QED) is 0.665. The van der Waals surface area contributed by atoms with Gasteiger partial charge in [0.15, 0.2) is 0 Å². The molecule has 0 aromatic rings. The molecule has 1 atom stereocenters. The molecular formula is C18H34ClN3O3. The van der Waals surface area contributed by atoms with Crippen LogP contribution < -0.4 is 10.6 Å². The molecule has 2 amide bonds. The third kappa shape index (κ3) is 7.50. The van der Waals surface area contributed by atoms with Crippen molar-refractivity contribution in [2.24, 2.45) is 5.92 Å². The molecule has 0 spiro atoms. The minimum atomic E-state index is -0.00918. The fourth-order valence-corrected chi connectivity index (χ4v) is 3.39. The number of nitrogens with one attached hydrogen (secondary N) is 2. The Morgan fingerprint density at radius 1 is 1.20 bits per heavy atom. The Balaban J connectivity index is 0.00000312. The Kier molecular flexibility index (Phi) is 10.4. The van der Waals surface area contributed by atoms with E-state index in [2.05, 4.69) is 10.6 Å². The van der Waals surface area contributed by atoms with Gasteiger partial charge < -0.3 is 20.3 Å². The van der Waals surface area contributed by atoms with Crippen molar-refractivity contribution in [2.75, 3.05) is 32.8 Å². The Morgan fingerprint density at radius 3 is 2.52 bits per heavy atom. The number of amides is 2. The average Bonchev–Trinajstić information content (AvgIpc) is 2.61. The second kappa shape index (κ2) is 11.7. The van der Waals surface area contributed by atoms with Crippen molar-refractivity contribution in [2.45, 2.75) is 64.5 Å². The van der Waals surface area contributed by atoms with E-state index in [9.17, 15) is 9.59 Å². The molecule has 2 aliphatic heterocycles. The molecule has 0 bridgehead atoms. The first-order valence-corrected chi connectivity index (χ1v) is 9.49. The highest BCUT2D eigenvalue weighted by Crippen LogP contribution is 2.19. The maximum atomic E-state index is 12.5. The van der Waals surface area contributed by atoms with Crippen LogP contribution in [-0.4, -0.2) is 61.6 Å². The van der Waals surface area contributed by atoms with Gasteiger partial charge in [-0.1, -0.05) is 6.42 Å². The van der Waals surface area contributed by atoms with E-state index in [0.29, 0.717) is 26.2 Å². The summed E-state index contributed by atoms with van der Waals surface area (Å²) in [5, 5.41) is 6.31. The van der Waals surface area contributed by atoms with E-state index in [1.807, 2.05) is 18.7 Å². The van der Waals surface area contributed by atoms with Crippen molar-refractivity contribution in [3.8, 4) is 0 Å². The second-order valence-corrected chi connectivity index (χ2v) is 7.17. The molecule has 0 saturated carbocycles. The summed E-state index contributed by atoms with van der Waals surface area (Å²) in [6, 6.07) is -0.00918. The Labute approximate surface area is 157 Å². The third-order valence-electron chi connectivity index (χ3n) is 4.86. The fourth-order valence-electron chi connectivity index (χ4n) is 3.39. The van der Waals surface area contributed by atoms with Gasteiger partial charge in [0.1, 0.15) is 0 Å². The van der Waals surface area contributed by atoms with Crippen molar-refractivity contribution in [1.82, 2.24) is 15.5 Å². The van der Waals surface area contributed by atoms with E-state index in [1.165, 1.54) is 0 Å². The van der Waals surface area contributed by atoms with E-state index in [4.69, 9.17) is 4.74 Å². The molecule has 0 aromatic heterocycles. The summed E-state index contributed by atoms with van der Waals surface area (Å²) < 4.78 is 5.47. The number of nitrogens with zero attached hydrogens (tertiary/aromatic N) is 1. The molecule has 7 heteroatoms.